The zero-order valence-corrected chi connectivity index (χ0v) is 6.89. The lowest BCUT2D eigenvalue weighted by molar-refractivity contribution is -0.151. The van der Waals surface area contributed by atoms with E-state index in [-0.39, 0.29) is 0 Å². The molecule has 0 aromatic carbocycles. The zero-order chi connectivity index (χ0) is 11.8. The lowest BCUT2D eigenvalue weighted by Crippen LogP contribution is -2.08. The Morgan fingerprint density at radius 3 is 1.47 bits per heavy atom. The van der Waals surface area contributed by atoms with Crippen molar-refractivity contribution in [1.82, 2.24) is 0 Å². The van der Waals surface area contributed by atoms with Gasteiger partial charge in [-0.25, -0.2) is 9.59 Å². The topological polar surface area (TPSA) is 43.4 Å². The van der Waals surface area contributed by atoms with E-state index in [4.69, 9.17) is 0 Å². The summed E-state index contributed by atoms with van der Waals surface area (Å²) in [6, 6.07) is 0. The molecule has 0 aliphatic heterocycles. The predicted molar refractivity (Wildman–Crippen MR) is 38.7 cm³/mol. The van der Waals surface area contributed by atoms with Gasteiger partial charge in [-0.3, -0.25) is 0 Å². The maximum Gasteiger partial charge on any atom is 0.392 e. The van der Waals surface area contributed by atoms with E-state index in [1.807, 2.05) is 0 Å². The Hall–Kier alpha value is -2.02. The molecule has 15 heavy (non-hydrogen) atoms. The third kappa shape index (κ3) is 8.31. The van der Waals surface area contributed by atoms with Gasteiger partial charge in [0.1, 0.15) is 0 Å². The first-order valence-corrected chi connectivity index (χ1v) is 3.27. The molecule has 0 saturated carbocycles. The van der Waals surface area contributed by atoms with Crippen LogP contribution in [0.4, 0.5) is 17.6 Å². The van der Waals surface area contributed by atoms with E-state index in [9.17, 15) is 27.2 Å². The van der Waals surface area contributed by atoms with Crippen LogP contribution < -0.4 is 0 Å². The number of hydrogen-bond donors (Lipinski definition) is 0. The Morgan fingerprint density at radius 1 is 0.867 bits per heavy atom. The average Bonchev–Trinajstić information content (AvgIpc) is 2.11. The molecule has 0 radical (unpaired) electrons. The fourth-order valence-electron chi connectivity index (χ4n) is 0.362. The molecule has 0 rings (SSSR count). The minimum atomic E-state index is -3.06. The van der Waals surface area contributed by atoms with Gasteiger partial charge in [0.2, 0.25) is 0 Å². The molecule has 0 fully saturated rings. The van der Waals surface area contributed by atoms with Crippen LogP contribution in [0.2, 0.25) is 0 Å². The highest BCUT2D eigenvalue weighted by atomic mass is 19.3. The van der Waals surface area contributed by atoms with Crippen molar-refractivity contribution in [2.45, 2.75) is 12.9 Å². The highest BCUT2D eigenvalue weighted by Crippen LogP contribution is 1.89. The summed E-state index contributed by atoms with van der Waals surface area (Å²) < 4.78 is 49.2. The van der Waals surface area contributed by atoms with Crippen LogP contribution in [0.5, 0.6) is 0 Å². The number of carbonyl (C=O) groups excluding carboxylic acids is 2. The first-order valence-electron chi connectivity index (χ1n) is 3.27. The monoisotopic (exact) mass is 222 g/mol. The van der Waals surface area contributed by atoms with E-state index >= 15 is 0 Å². The Morgan fingerprint density at radius 2 is 1.20 bits per heavy atom. The van der Waals surface area contributed by atoms with E-state index in [0.717, 1.165) is 11.8 Å². The molecule has 0 aliphatic carbocycles. The minimum Gasteiger partial charge on any atom is -0.373 e. The van der Waals surface area contributed by atoms with E-state index in [1.165, 1.54) is 11.8 Å². The second-order valence-corrected chi connectivity index (χ2v) is 1.82. The molecule has 0 heterocycles. The lowest BCUT2D eigenvalue weighted by atomic mass is 10.5. The van der Waals surface area contributed by atoms with Crippen LogP contribution in [0.15, 0.2) is 0 Å². The Kier molecular flexibility index (Phi) is 5.57. The number of hydrogen-bond acceptors (Lipinski definition) is 3. The van der Waals surface area contributed by atoms with Crippen molar-refractivity contribution >= 4 is 11.9 Å². The Balaban J connectivity index is 4.18. The van der Waals surface area contributed by atoms with Gasteiger partial charge in [0.05, 0.1) is 0 Å². The highest BCUT2D eigenvalue weighted by molar-refractivity contribution is 6.02. The smallest absolute Gasteiger partial charge is 0.373 e. The maximum atomic E-state index is 11.4. The van der Waals surface area contributed by atoms with Crippen LogP contribution in [0.25, 0.3) is 0 Å². The van der Waals surface area contributed by atoms with E-state index in [0.29, 0.717) is 0 Å². The Labute approximate surface area is 81.4 Å². The summed E-state index contributed by atoms with van der Waals surface area (Å²) in [5.74, 6) is 1.59. The van der Waals surface area contributed by atoms with Crippen LogP contribution in [0.1, 0.15) is 0 Å². The molecule has 7 heteroatoms. The predicted octanol–water partition coefficient (Wildman–Crippen LogP) is 0.593. The molecule has 80 valence electrons. The van der Waals surface area contributed by atoms with Crippen LogP contribution in [0.3, 0.4) is 0 Å². The van der Waals surface area contributed by atoms with E-state index < -0.39 is 24.8 Å². The lowest BCUT2D eigenvalue weighted by Gasteiger charge is -1.89. The van der Waals surface area contributed by atoms with Gasteiger partial charge in [0.25, 0.3) is 12.9 Å². The number of rotatable bonds is 0. The van der Waals surface area contributed by atoms with Crippen LogP contribution >= 0.6 is 0 Å². The van der Waals surface area contributed by atoms with Crippen molar-refractivity contribution < 1.29 is 31.9 Å². The van der Waals surface area contributed by atoms with Gasteiger partial charge in [-0.05, 0) is 11.8 Å². The summed E-state index contributed by atoms with van der Waals surface area (Å²) in [5, 5.41) is 0. The van der Waals surface area contributed by atoms with Crippen LogP contribution in [-0.4, -0.2) is 24.8 Å². The van der Waals surface area contributed by atoms with Crippen molar-refractivity contribution in [3.63, 3.8) is 0 Å². The summed E-state index contributed by atoms with van der Waals surface area (Å²) in [6.45, 7) is 0. The van der Waals surface area contributed by atoms with Gasteiger partial charge in [-0.2, -0.15) is 17.6 Å². The average molecular weight is 222 g/mol. The quantitative estimate of drug-likeness (QED) is 0.198. The first-order chi connectivity index (χ1) is 6.91. The molecule has 3 nitrogen and oxygen atoms in total. The van der Waals surface area contributed by atoms with Crippen molar-refractivity contribution in [1.29, 1.82) is 0 Å². The van der Waals surface area contributed by atoms with Gasteiger partial charge >= 0.3 is 11.9 Å². The molecule has 0 N–H and O–H groups in total. The maximum absolute atomic E-state index is 11.4. The summed E-state index contributed by atoms with van der Waals surface area (Å²) >= 11 is 0. The number of esters is 2. The molecule has 0 aromatic heterocycles. The van der Waals surface area contributed by atoms with Crippen molar-refractivity contribution in [3.8, 4) is 23.7 Å². The molecule has 0 aromatic rings. The highest BCUT2D eigenvalue weighted by Gasteiger charge is 2.05. The molecule has 0 amide bonds. The van der Waals surface area contributed by atoms with Crippen molar-refractivity contribution in [3.05, 3.63) is 0 Å². The number of carbonyl (C=O) groups is 2. The summed E-state index contributed by atoms with van der Waals surface area (Å²) in [7, 11) is 0. The molecule has 0 saturated heterocycles. The molecular formula is C8H2F4O3. The molecule has 0 aliphatic rings. The van der Waals surface area contributed by atoms with Gasteiger partial charge in [-0.1, -0.05) is 0 Å². The van der Waals surface area contributed by atoms with Crippen molar-refractivity contribution in [2.24, 2.45) is 0 Å². The number of alkyl halides is 4. The van der Waals surface area contributed by atoms with E-state index in [1.54, 1.807) is 0 Å². The third-order valence-corrected chi connectivity index (χ3v) is 0.752. The first kappa shape index (κ1) is 13.0. The summed E-state index contributed by atoms with van der Waals surface area (Å²) in [4.78, 5) is 20.8. The van der Waals surface area contributed by atoms with Crippen LogP contribution in [-0.2, 0) is 14.3 Å². The van der Waals surface area contributed by atoms with Gasteiger partial charge in [-0.15, -0.1) is 0 Å². The van der Waals surface area contributed by atoms with Crippen LogP contribution in [0, 0.1) is 23.7 Å². The normalized spacial score (nSPS) is 8.67. The summed E-state index contributed by atoms with van der Waals surface area (Å²) in [5.41, 5.74) is 0. The molecule has 0 bridgehead atoms. The standard InChI is InChI=1S/C8H2F4O3/c9-5(10)1-3-7(13)15-8(14)4-2-6(11)12/h5-6H. The molecular weight excluding hydrogens is 220 g/mol. The van der Waals surface area contributed by atoms with Crippen molar-refractivity contribution in [2.75, 3.05) is 0 Å². The number of halogens is 4. The van der Waals surface area contributed by atoms with Gasteiger partial charge < -0.3 is 4.74 Å². The zero-order valence-electron chi connectivity index (χ0n) is 6.89. The fraction of sp³-hybridized carbons (Fsp3) is 0.250. The summed E-state index contributed by atoms with van der Waals surface area (Å²) in [6.07, 6.45) is -6.11. The second kappa shape index (κ2) is 6.44. The third-order valence-electron chi connectivity index (χ3n) is 0.752. The SMILES string of the molecule is O=C(C#CC(F)F)OC(=O)C#CC(F)F. The van der Waals surface area contributed by atoms with Gasteiger partial charge in [0.15, 0.2) is 0 Å². The minimum absolute atomic E-state index is 1.11. The molecule has 0 spiro atoms. The second-order valence-electron chi connectivity index (χ2n) is 1.82. The van der Waals surface area contributed by atoms with Gasteiger partial charge in [0, 0.05) is 11.8 Å². The molecule has 0 unspecified atom stereocenters. The van der Waals surface area contributed by atoms with E-state index in [2.05, 4.69) is 4.74 Å². The molecule has 0 atom stereocenters. The largest absolute Gasteiger partial charge is 0.392 e. The fourth-order valence-corrected chi connectivity index (χ4v) is 0.362. The Bertz CT molecular complexity index is 331. The number of ether oxygens (including phenoxy) is 1.